The van der Waals surface area contributed by atoms with Crippen LogP contribution in [0.3, 0.4) is 0 Å². The van der Waals surface area contributed by atoms with Crippen LogP contribution in [0, 0.1) is 5.92 Å². The summed E-state index contributed by atoms with van der Waals surface area (Å²) in [5.74, 6) is -0.534. The molecule has 5 rings (SSSR count). The van der Waals surface area contributed by atoms with E-state index in [0.29, 0.717) is 49.9 Å². The van der Waals surface area contributed by atoms with Gasteiger partial charge in [-0.3, -0.25) is 14.2 Å². The molecule has 0 unspecified atom stereocenters. The summed E-state index contributed by atoms with van der Waals surface area (Å²) >= 11 is 0. The minimum atomic E-state index is -1.11. The molecule has 0 aliphatic carbocycles. The zero-order valence-electron chi connectivity index (χ0n) is 20.3. The molecule has 190 valence electrons. The van der Waals surface area contributed by atoms with Crippen LogP contribution in [-0.4, -0.2) is 77.9 Å². The Morgan fingerprint density at radius 3 is 2.50 bits per heavy atom. The number of aromatic nitrogens is 3. The van der Waals surface area contributed by atoms with Crippen LogP contribution in [0.25, 0.3) is 11.0 Å². The predicted molar refractivity (Wildman–Crippen MR) is 133 cm³/mol. The third kappa shape index (κ3) is 4.48. The average molecular weight is 494 g/mol. The molecule has 2 fully saturated rings. The van der Waals surface area contributed by atoms with E-state index in [1.807, 2.05) is 37.4 Å². The van der Waals surface area contributed by atoms with Gasteiger partial charge in [0.2, 0.25) is 5.91 Å². The smallest absolute Gasteiger partial charge is 0.407 e. The highest BCUT2D eigenvalue weighted by atomic mass is 16.4. The van der Waals surface area contributed by atoms with Crippen LogP contribution in [0.15, 0.2) is 53.7 Å². The number of carbonyl (C=O) groups excluding carboxylic acids is 1. The number of likely N-dealkylation sites (tertiary alicyclic amines) is 2. The van der Waals surface area contributed by atoms with Crippen molar-refractivity contribution in [2.45, 2.75) is 37.3 Å². The second-order valence-corrected chi connectivity index (χ2v) is 10.0. The van der Waals surface area contributed by atoms with Gasteiger partial charge in [-0.15, -0.1) is 0 Å². The molecule has 10 heteroatoms. The Labute approximate surface area is 208 Å². The predicted octanol–water partition coefficient (Wildman–Crippen LogP) is 1.87. The maximum absolute atomic E-state index is 13.6. The number of benzene rings is 1. The van der Waals surface area contributed by atoms with E-state index in [-0.39, 0.29) is 36.4 Å². The van der Waals surface area contributed by atoms with Gasteiger partial charge in [-0.05, 0) is 30.9 Å². The molecule has 3 aromatic rings. The molecule has 1 aromatic carbocycles. The van der Waals surface area contributed by atoms with E-state index < -0.39 is 11.7 Å². The highest BCUT2D eigenvalue weighted by molar-refractivity contribution is 5.81. The Balaban J connectivity index is 1.28. The van der Waals surface area contributed by atoms with Gasteiger partial charge >= 0.3 is 6.09 Å². The summed E-state index contributed by atoms with van der Waals surface area (Å²) in [5, 5.41) is 21.3. The zero-order valence-corrected chi connectivity index (χ0v) is 20.3. The number of nitrogens with zero attached hydrogens (tertiary/aromatic N) is 5. The highest BCUT2D eigenvalue weighted by Gasteiger charge is 2.41. The minimum Gasteiger partial charge on any atom is -0.465 e. The van der Waals surface area contributed by atoms with Crippen LogP contribution < -0.4 is 5.56 Å². The normalized spacial score (nSPS) is 22.1. The summed E-state index contributed by atoms with van der Waals surface area (Å²) in [6, 6.07) is 11.3. The number of hydrogen-bond donors (Lipinski definition) is 2. The second-order valence-electron chi connectivity index (χ2n) is 10.0. The standard InChI is InChI=1S/C26H31N5O5/c1-28-11-7-20-22(28)27-17-31(24(20)33)16-26(36)9-13-29(14-10-26)23(32)19-8-12-30(25(34)35)15-21(19)18-5-3-2-4-6-18/h2-7,11,17,19,21,36H,8-10,12-16H2,1H3,(H,34,35)/t19-,21+/m1/s1. The lowest BCUT2D eigenvalue weighted by Crippen LogP contribution is -2.53. The highest BCUT2D eigenvalue weighted by Crippen LogP contribution is 2.35. The van der Waals surface area contributed by atoms with Crippen LogP contribution in [0.2, 0.25) is 0 Å². The van der Waals surface area contributed by atoms with Crippen LogP contribution in [0.5, 0.6) is 0 Å². The topological polar surface area (TPSA) is 121 Å². The minimum absolute atomic E-state index is 0.000445. The second kappa shape index (κ2) is 9.42. The summed E-state index contributed by atoms with van der Waals surface area (Å²) in [5.41, 5.74) is 0.253. The SMILES string of the molecule is Cn1ccc2c(=O)n(CC3(O)CCN(C(=O)[C@@H]4CCN(C(=O)O)C[C@H]4c4ccccc4)CC3)cnc21. The van der Waals surface area contributed by atoms with Crippen LogP contribution in [0.4, 0.5) is 4.79 Å². The van der Waals surface area contributed by atoms with Crippen molar-refractivity contribution in [3.8, 4) is 0 Å². The molecular weight excluding hydrogens is 462 g/mol. The van der Waals surface area contributed by atoms with Gasteiger partial charge in [-0.2, -0.15) is 0 Å². The summed E-state index contributed by atoms with van der Waals surface area (Å²) < 4.78 is 3.23. The molecule has 10 nitrogen and oxygen atoms in total. The van der Waals surface area contributed by atoms with Crippen molar-refractivity contribution in [2.24, 2.45) is 13.0 Å². The van der Waals surface area contributed by atoms with Crippen molar-refractivity contribution in [3.63, 3.8) is 0 Å². The molecule has 2 aliphatic rings. The van der Waals surface area contributed by atoms with Crippen LogP contribution in [0.1, 0.15) is 30.7 Å². The largest absolute Gasteiger partial charge is 0.465 e. The number of carboxylic acid groups (broad SMARTS) is 1. The quantitative estimate of drug-likeness (QED) is 0.573. The number of carbonyl (C=O) groups is 2. The number of aryl methyl sites for hydroxylation is 1. The molecule has 36 heavy (non-hydrogen) atoms. The molecule has 0 bridgehead atoms. The first-order valence-corrected chi connectivity index (χ1v) is 12.3. The number of hydrogen-bond acceptors (Lipinski definition) is 5. The fourth-order valence-corrected chi connectivity index (χ4v) is 5.61. The fourth-order valence-electron chi connectivity index (χ4n) is 5.61. The lowest BCUT2D eigenvalue weighted by atomic mass is 9.79. The third-order valence-corrected chi connectivity index (χ3v) is 7.75. The molecule has 2 aromatic heterocycles. The van der Waals surface area contributed by atoms with Crippen LogP contribution in [-0.2, 0) is 18.4 Å². The molecule has 0 saturated carbocycles. The lowest BCUT2D eigenvalue weighted by molar-refractivity contribution is -0.142. The number of amides is 2. The van der Waals surface area contributed by atoms with E-state index in [9.17, 15) is 24.6 Å². The van der Waals surface area contributed by atoms with Crippen molar-refractivity contribution < 1.29 is 19.8 Å². The Kier molecular flexibility index (Phi) is 6.29. The van der Waals surface area contributed by atoms with Gasteiger partial charge in [-0.25, -0.2) is 9.78 Å². The summed E-state index contributed by atoms with van der Waals surface area (Å²) in [6.45, 7) is 1.49. The van der Waals surface area contributed by atoms with E-state index >= 15 is 0 Å². The van der Waals surface area contributed by atoms with Gasteiger partial charge in [0.15, 0.2) is 0 Å². The van der Waals surface area contributed by atoms with E-state index in [1.165, 1.54) is 15.8 Å². The van der Waals surface area contributed by atoms with Gasteiger partial charge in [0.25, 0.3) is 5.56 Å². The molecule has 2 N–H and O–H groups in total. The van der Waals surface area contributed by atoms with Gasteiger partial charge < -0.3 is 24.6 Å². The monoisotopic (exact) mass is 493 g/mol. The number of piperidine rings is 2. The van der Waals surface area contributed by atoms with Gasteiger partial charge in [0, 0.05) is 51.3 Å². The Bertz CT molecular complexity index is 1330. The van der Waals surface area contributed by atoms with E-state index in [1.54, 1.807) is 21.7 Å². The molecule has 0 spiro atoms. The summed E-state index contributed by atoms with van der Waals surface area (Å²) in [6.07, 6.45) is 3.45. The van der Waals surface area contributed by atoms with Crippen molar-refractivity contribution >= 4 is 23.0 Å². The Hall–Kier alpha value is -3.66. The first-order valence-electron chi connectivity index (χ1n) is 12.3. The number of aliphatic hydroxyl groups is 1. The number of fused-ring (bicyclic) bond motifs is 1. The molecular formula is C26H31N5O5. The van der Waals surface area contributed by atoms with Crippen molar-refractivity contribution in [3.05, 3.63) is 64.8 Å². The fraction of sp³-hybridized carbons (Fsp3) is 0.462. The molecule has 2 atom stereocenters. The lowest BCUT2D eigenvalue weighted by Gasteiger charge is -2.42. The summed E-state index contributed by atoms with van der Waals surface area (Å²) in [4.78, 5) is 45.6. The van der Waals surface area contributed by atoms with Crippen molar-refractivity contribution in [2.75, 3.05) is 26.2 Å². The molecule has 0 radical (unpaired) electrons. The molecule has 2 amide bonds. The molecule has 2 aliphatic heterocycles. The van der Waals surface area contributed by atoms with Gasteiger partial charge in [0.1, 0.15) is 12.0 Å². The maximum atomic E-state index is 13.6. The Morgan fingerprint density at radius 2 is 1.81 bits per heavy atom. The van der Waals surface area contributed by atoms with Crippen LogP contribution >= 0.6 is 0 Å². The zero-order chi connectivity index (χ0) is 25.4. The van der Waals surface area contributed by atoms with E-state index in [4.69, 9.17) is 0 Å². The van der Waals surface area contributed by atoms with E-state index in [0.717, 1.165) is 5.56 Å². The van der Waals surface area contributed by atoms with Gasteiger partial charge in [-0.1, -0.05) is 30.3 Å². The summed E-state index contributed by atoms with van der Waals surface area (Å²) in [7, 11) is 1.83. The van der Waals surface area contributed by atoms with Crippen molar-refractivity contribution in [1.82, 2.24) is 23.9 Å². The number of rotatable bonds is 4. The van der Waals surface area contributed by atoms with Gasteiger partial charge in [0.05, 0.1) is 17.5 Å². The van der Waals surface area contributed by atoms with E-state index in [2.05, 4.69) is 4.98 Å². The Morgan fingerprint density at radius 1 is 1.08 bits per heavy atom. The first kappa shape index (κ1) is 24.1. The average Bonchev–Trinajstić information content (AvgIpc) is 3.27. The maximum Gasteiger partial charge on any atom is 0.407 e. The first-order chi connectivity index (χ1) is 17.3. The molecule has 2 saturated heterocycles. The molecule has 4 heterocycles. The van der Waals surface area contributed by atoms with Crippen molar-refractivity contribution in [1.29, 1.82) is 0 Å². The third-order valence-electron chi connectivity index (χ3n) is 7.75.